The van der Waals surface area contributed by atoms with Gasteiger partial charge < -0.3 is 21.6 Å². The Morgan fingerprint density at radius 3 is 2.65 bits per heavy atom. The van der Waals surface area contributed by atoms with E-state index in [0.29, 0.717) is 38.5 Å². The van der Waals surface area contributed by atoms with Gasteiger partial charge in [0, 0.05) is 40.7 Å². The molecule has 0 aliphatic rings. The van der Waals surface area contributed by atoms with Crippen molar-refractivity contribution in [2.75, 3.05) is 19.1 Å². The first kappa shape index (κ1) is 22.2. The van der Waals surface area contributed by atoms with E-state index in [9.17, 15) is 4.21 Å². The number of anilines is 1. The number of ether oxygens (including phenoxy) is 1. The van der Waals surface area contributed by atoms with Crippen molar-refractivity contribution >= 4 is 28.5 Å². The van der Waals surface area contributed by atoms with Gasteiger partial charge in [-0.15, -0.1) is 0 Å². The first-order valence-electron chi connectivity index (χ1n) is 9.23. The molecule has 158 valence electrons. The Kier molecular flexibility index (Phi) is 6.49. The smallest absolute Gasteiger partial charge is 0.216 e. The van der Waals surface area contributed by atoms with Crippen molar-refractivity contribution in [2.45, 2.75) is 11.8 Å². The Labute approximate surface area is 182 Å². The fourth-order valence-corrected chi connectivity index (χ4v) is 3.90. The molecule has 0 bridgehead atoms. The summed E-state index contributed by atoms with van der Waals surface area (Å²) in [6, 6.07) is 8.75. The zero-order valence-corrected chi connectivity index (χ0v) is 18.2. The summed E-state index contributed by atoms with van der Waals surface area (Å²) in [5.41, 5.74) is 12.9. The van der Waals surface area contributed by atoms with Crippen LogP contribution in [0, 0.1) is 30.0 Å². The molecule has 7 N–H and O–H groups in total. The fourth-order valence-electron chi connectivity index (χ4n) is 3.12. The maximum atomic E-state index is 15.3. The van der Waals surface area contributed by atoms with Gasteiger partial charge in [0.2, 0.25) is 10.8 Å². The summed E-state index contributed by atoms with van der Waals surface area (Å²) < 4.78 is 30.8. The third-order valence-electron chi connectivity index (χ3n) is 4.80. The summed E-state index contributed by atoms with van der Waals surface area (Å²) in [7, 11) is 0.494. The monoisotopic (exact) mass is 438 g/mol. The molecule has 8 heteroatoms. The van der Waals surface area contributed by atoms with Gasteiger partial charge in [0.05, 0.1) is 18.9 Å². The number of halogens is 1. The van der Waals surface area contributed by atoms with Gasteiger partial charge in [-0.25, -0.2) is 9.19 Å². The Morgan fingerprint density at radius 1 is 1.26 bits per heavy atom. The minimum absolute atomic E-state index is 0.197. The van der Waals surface area contributed by atoms with Crippen molar-refractivity contribution in [3.63, 3.8) is 0 Å². The number of nitrogens with one attached hydrogen (secondary N) is 1. The average molecular weight is 439 g/mol. The lowest BCUT2D eigenvalue weighted by Gasteiger charge is -2.11. The molecule has 0 fully saturated rings. The summed E-state index contributed by atoms with van der Waals surface area (Å²) in [5, 5.41) is 7.37. The number of benzene rings is 2. The van der Waals surface area contributed by atoms with Gasteiger partial charge in [-0.1, -0.05) is 11.8 Å². The zero-order chi connectivity index (χ0) is 22.7. The SMILES string of the molecule is COc1ccc(-c2cc(C)c(C#Cc3cnc(N)c(C=N)c3)c(F)c2[NH3+])c(S(C)=[OH+])c1. The average Bonchev–Trinajstić information content (AvgIpc) is 2.76. The molecule has 0 saturated carbocycles. The Bertz CT molecular complexity index is 1280. The molecule has 0 aliphatic carbocycles. The number of hydrogen-bond acceptors (Lipinski definition) is 4. The number of methoxy groups -OCH3 is 1. The van der Waals surface area contributed by atoms with Gasteiger partial charge in [0.1, 0.15) is 16.5 Å². The summed E-state index contributed by atoms with van der Waals surface area (Å²) in [6.07, 6.45) is 4.25. The summed E-state index contributed by atoms with van der Waals surface area (Å²) in [6.45, 7) is 1.77. The van der Waals surface area contributed by atoms with Crippen LogP contribution in [0.25, 0.3) is 11.1 Å². The van der Waals surface area contributed by atoms with Crippen molar-refractivity contribution < 1.29 is 19.1 Å². The number of aryl methyl sites for hydroxylation is 1. The van der Waals surface area contributed by atoms with Gasteiger partial charge >= 0.3 is 0 Å². The van der Waals surface area contributed by atoms with E-state index >= 15 is 4.39 Å². The molecular weight excluding hydrogens is 415 g/mol. The van der Waals surface area contributed by atoms with E-state index in [2.05, 4.69) is 22.6 Å². The molecule has 0 saturated heterocycles. The lowest BCUT2D eigenvalue weighted by molar-refractivity contribution is -0.257. The largest absolute Gasteiger partial charge is 0.497 e. The van der Waals surface area contributed by atoms with E-state index in [0.717, 1.165) is 6.21 Å². The molecule has 1 unspecified atom stereocenters. The quantitative estimate of drug-likeness (QED) is 0.330. The lowest BCUT2D eigenvalue weighted by Crippen LogP contribution is -2.42. The first-order valence-corrected chi connectivity index (χ1v) is 10.8. The van der Waals surface area contributed by atoms with Crippen molar-refractivity contribution in [1.82, 2.24) is 4.98 Å². The molecule has 0 amide bonds. The molecule has 31 heavy (non-hydrogen) atoms. The number of nitrogens with two attached hydrogens (primary N) is 1. The van der Waals surface area contributed by atoms with E-state index in [1.165, 1.54) is 6.20 Å². The van der Waals surface area contributed by atoms with Crippen molar-refractivity contribution in [1.29, 1.82) is 5.41 Å². The summed E-state index contributed by atoms with van der Waals surface area (Å²) in [4.78, 5) is 4.65. The van der Waals surface area contributed by atoms with E-state index in [1.54, 1.807) is 44.6 Å². The summed E-state index contributed by atoms with van der Waals surface area (Å²) in [5.74, 6) is 6.06. The molecule has 2 aromatic carbocycles. The van der Waals surface area contributed by atoms with Crippen LogP contribution >= 0.6 is 0 Å². The topological polar surface area (TPSA) is 121 Å². The highest BCUT2D eigenvalue weighted by Gasteiger charge is 2.22. The van der Waals surface area contributed by atoms with Crippen LogP contribution in [0.4, 0.5) is 15.9 Å². The van der Waals surface area contributed by atoms with Crippen LogP contribution in [0.5, 0.6) is 5.75 Å². The molecule has 3 rings (SSSR count). The molecule has 1 atom stereocenters. The van der Waals surface area contributed by atoms with Gasteiger partial charge in [0.25, 0.3) is 0 Å². The summed E-state index contributed by atoms with van der Waals surface area (Å²) >= 11 is 0. The molecule has 0 aliphatic heterocycles. The highest BCUT2D eigenvalue weighted by Crippen LogP contribution is 2.35. The third-order valence-corrected chi connectivity index (χ3v) is 5.77. The maximum Gasteiger partial charge on any atom is 0.216 e. The van der Waals surface area contributed by atoms with Crippen molar-refractivity contribution in [2.24, 2.45) is 0 Å². The van der Waals surface area contributed by atoms with Crippen LogP contribution in [0.1, 0.15) is 22.3 Å². The zero-order valence-electron chi connectivity index (χ0n) is 17.4. The molecule has 3 aromatic rings. The van der Waals surface area contributed by atoms with Gasteiger partial charge in [-0.05, 0) is 36.8 Å². The second-order valence-electron chi connectivity index (χ2n) is 6.84. The number of rotatable bonds is 4. The van der Waals surface area contributed by atoms with E-state index in [1.807, 2.05) is 6.07 Å². The second kappa shape index (κ2) is 9.08. The van der Waals surface area contributed by atoms with E-state index in [4.69, 9.17) is 15.9 Å². The number of quaternary nitrogens is 1. The number of pyridine rings is 1. The number of aromatic nitrogens is 1. The predicted octanol–water partition coefficient (Wildman–Crippen LogP) is 2.95. The fraction of sp³-hybridized carbons (Fsp3) is 0.130. The van der Waals surface area contributed by atoms with Crippen molar-refractivity contribution in [3.8, 4) is 28.7 Å². The van der Waals surface area contributed by atoms with Gasteiger partial charge in [-0.3, -0.25) is 0 Å². The molecule has 0 spiro atoms. The van der Waals surface area contributed by atoms with Gasteiger partial charge in [-0.2, -0.15) is 4.39 Å². The van der Waals surface area contributed by atoms with Crippen molar-refractivity contribution in [3.05, 3.63) is 64.6 Å². The Hall–Kier alpha value is -3.54. The number of nitrogens with zero attached hydrogens (tertiary/aromatic N) is 1. The minimum Gasteiger partial charge on any atom is -0.497 e. The maximum absolute atomic E-state index is 15.3. The second-order valence-corrected chi connectivity index (χ2v) is 8.24. The molecule has 6 nitrogen and oxygen atoms in total. The Morgan fingerprint density at radius 2 is 2.00 bits per heavy atom. The minimum atomic E-state index is -1.06. The van der Waals surface area contributed by atoms with Crippen LogP contribution in [0.3, 0.4) is 0 Å². The third kappa shape index (κ3) is 4.48. The standard InChI is InChI=1S/C23H21FN4O2S/c1-13-8-19(18-7-5-16(30-2)10-20(18)31(3)29)22(26)21(24)17(13)6-4-14-9-15(11-25)23(27)28-12-14/h5,7-12,25H,26H2,1-3H3,(H2,27,28)/p+2. The lowest BCUT2D eigenvalue weighted by atomic mass is 9.97. The Balaban J connectivity index is 2.12. The van der Waals surface area contributed by atoms with Gasteiger partial charge in [0.15, 0.2) is 11.5 Å². The normalized spacial score (nSPS) is 11.4. The molecule has 0 radical (unpaired) electrons. The molecular formula is C23H23FN4O2S+2. The number of hydrogen-bond donors (Lipinski definition) is 3. The van der Waals surface area contributed by atoms with E-state index in [-0.39, 0.29) is 17.1 Å². The van der Waals surface area contributed by atoms with E-state index < -0.39 is 16.6 Å². The van der Waals surface area contributed by atoms with Crippen LogP contribution in [0.2, 0.25) is 0 Å². The van der Waals surface area contributed by atoms with Crippen LogP contribution < -0.4 is 16.2 Å². The van der Waals surface area contributed by atoms with Crippen LogP contribution in [-0.4, -0.2) is 28.8 Å². The predicted molar refractivity (Wildman–Crippen MR) is 122 cm³/mol. The highest BCUT2D eigenvalue weighted by molar-refractivity contribution is 7.84. The molecule has 1 aromatic heterocycles. The van der Waals surface area contributed by atoms with Crippen LogP contribution in [0.15, 0.2) is 41.4 Å². The number of nitrogen functional groups attached to an aromatic ring is 1. The molecule has 1 heterocycles. The highest BCUT2D eigenvalue weighted by atomic mass is 32.2. The van der Waals surface area contributed by atoms with Crippen LogP contribution in [-0.2, 0) is 10.8 Å². The first-order chi connectivity index (χ1) is 14.8.